The second-order valence-corrected chi connectivity index (χ2v) is 7.81. The summed E-state index contributed by atoms with van der Waals surface area (Å²) in [4.78, 5) is 49.7. The number of nitrogens with one attached hydrogen (secondary N) is 1. The molecule has 0 aliphatic heterocycles. The zero-order chi connectivity index (χ0) is 20.0. The van der Waals surface area contributed by atoms with Crippen molar-refractivity contribution in [2.24, 2.45) is 16.7 Å². The number of esters is 2. The molecule has 0 aromatic heterocycles. The van der Waals surface area contributed by atoms with Gasteiger partial charge in [-0.05, 0) is 43.4 Å². The van der Waals surface area contributed by atoms with E-state index in [0.717, 1.165) is 6.42 Å². The maximum atomic E-state index is 13.0. The first kappa shape index (κ1) is 19.1. The Morgan fingerprint density at radius 2 is 1.59 bits per heavy atom. The fourth-order valence-corrected chi connectivity index (χ4v) is 4.40. The number of Topliss-reactive ketones (excluding diaryl/α,β-unsaturated/α-hetero) is 1. The summed E-state index contributed by atoms with van der Waals surface area (Å²) >= 11 is 0. The number of hydrogen-bond acceptors (Lipinski definition) is 6. The molecule has 1 amide bonds. The maximum Gasteiger partial charge on any atom is 0.337 e. The Balaban J connectivity index is 1.93. The fourth-order valence-electron chi connectivity index (χ4n) is 4.40. The normalized spacial score (nSPS) is 25.2. The number of ether oxygens (including phenoxy) is 2. The quantitative estimate of drug-likeness (QED) is 0.643. The number of ketones is 1. The summed E-state index contributed by atoms with van der Waals surface area (Å²) < 4.78 is 9.40. The number of methoxy groups -OCH3 is 2. The van der Waals surface area contributed by atoms with Gasteiger partial charge in [0, 0.05) is 11.1 Å². The first-order valence-electron chi connectivity index (χ1n) is 8.84. The summed E-state index contributed by atoms with van der Waals surface area (Å²) in [6, 6.07) is 4.18. The molecule has 2 fully saturated rings. The lowest BCUT2D eigenvalue weighted by molar-refractivity contribution is -0.142. The van der Waals surface area contributed by atoms with E-state index in [9.17, 15) is 19.2 Å². The fraction of sp³-hybridized carbons (Fsp3) is 0.500. The van der Waals surface area contributed by atoms with Gasteiger partial charge in [0.1, 0.15) is 5.41 Å². The van der Waals surface area contributed by atoms with Crippen LogP contribution >= 0.6 is 0 Å². The number of anilines is 1. The van der Waals surface area contributed by atoms with E-state index in [-0.39, 0.29) is 28.5 Å². The molecule has 7 heteroatoms. The summed E-state index contributed by atoms with van der Waals surface area (Å²) in [6.45, 7) is 3.78. The minimum Gasteiger partial charge on any atom is -0.465 e. The van der Waals surface area contributed by atoms with E-state index in [1.807, 2.05) is 13.8 Å². The molecular formula is C20H23NO6. The van der Waals surface area contributed by atoms with Crippen LogP contribution < -0.4 is 5.32 Å². The molecule has 0 radical (unpaired) electrons. The lowest BCUT2D eigenvalue weighted by Crippen LogP contribution is -2.44. The van der Waals surface area contributed by atoms with Crippen LogP contribution in [0.3, 0.4) is 0 Å². The average Bonchev–Trinajstić information content (AvgIpc) is 3.19. The van der Waals surface area contributed by atoms with Crippen molar-refractivity contribution in [3.05, 3.63) is 29.3 Å². The molecule has 2 saturated carbocycles. The third-order valence-electron chi connectivity index (χ3n) is 6.02. The van der Waals surface area contributed by atoms with Gasteiger partial charge >= 0.3 is 11.9 Å². The Kier molecular flexibility index (Phi) is 4.57. The van der Waals surface area contributed by atoms with Crippen molar-refractivity contribution < 1.29 is 28.7 Å². The predicted molar refractivity (Wildman–Crippen MR) is 96.3 cm³/mol. The van der Waals surface area contributed by atoms with E-state index in [2.05, 4.69) is 5.32 Å². The van der Waals surface area contributed by atoms with Crippen molar-refractivity contribution in [3.8, 4) is 0 Å². The van der Waals surface area contributed by atoms with Gasteiger partial charge in [-0.1, -0.05) is 13.8 Å². The Bertz CT molecular complexity index is 809. The molecule has 2 unspecified atom stereocenters. The maximum absolute atomic E-state index is 13.0. The number of carbonyl (C=O) groups excluding carboxylic acids is 4. The molecule has 2 atom stereocenters. The van der Waals surface area contributed by atoms with Crippen LogP contribution in [0.4, 0.5) is 5.69 Å². The molecule has 2 bridgehead atoms. The standard InChI is InChI=1S/C20H23NO6/c1-19(2)13-5-6-20(10-13,17(19)24)18(25)21-14-8-11(15(22)26-3)7-12(9-14)16(23)27-4/h7-9,13H,5-6,10H2,1-4H3,(H,21,25). The van der Waals surface area contributed by atoms with E-state index in [1.54, 1.807) is 0 Å². The van der Waals surface area contributed by atoms with Crippen molar-refractivity contribution >= 4 is 29.3 Å². The van der Waals surface area contributed by atoms with Crippen molar-refractivity contribution in [2.45, 2.75) is 33.1 Å². The lowest BCUT2D eigenvalue weighted by Gasteiger charge is -2.32. The molecule has 1 N–H and O–H groups in total. The SMILES string of the molecule is COC(=O)c1cc(NC(=O)C23CCC(C2)C(C)(C)C3=O)cc(C(=O)OC)c1. The number of hydrogen-bond donors (Lipinski definition) is 1. The minimum absolute atomic E-state index is 0.0407. The van der Waals surface area contributed by atoms with Crippen LogP contribution in [0.25, 0.3) is 0 Å². The van der Waals surface area contributed by atoms with Gasteiger partial charge in [-0.25, -0.2) is 9.59 Å². The summed E-state index contributed by atoms with van der Waals surface area (Å²) in [7, 11) is 2.45. The van der Waals surface area contributed by atoms with Gasteiger partial charge in [-0.2, -0.15) is 0 Å². The second-order valence-electron chi connectivity index (χ2n) is 7.81. The molecule has 7 nitrogen and oxygen atoms in total. The van der Waals surface area contributed by atoms with E-state index < -0.39 is 28.7 Å². The van der Waals surface area contributed by atoms with Gasteiger partial charge < -0.3 is 14.8 Å². The van der Waals surface area contributed by atoms with E-state index in [1.165, 1.54) is 32.4 Å². The topological polar surface area (TPSA) is 98.8 Å². The highest BCUT2D eigenvalue weighted by Crippen LogP contribution is 2.60. The van der Waals surface area contributed by atoms with Crippen LogP contribution in [-0.4, -0.2) is 37.8 Å². The average molecular weight is 373 g/mol. The smallest absolute Gasteiger partial charge is 0.337 e. The zero-order valence-corrected chi connectivity index (χ0v) is 15.9. The van der Waals surface area contributed by atoms with Crippen LogP contribution in [0.5, 0.6) is 0 Å². The van der Waals surface area contributed by atoms with Gasteiger partial charge in [-0.15, -0.1) is 0 Å². The molecule has 27 heavy (non-hydrogen) atoms. The molecule has 2 aliphatic carbocycles. The van der Waals surface area contributed by atoms with Crippen LogP contribution in [0.15, 0.2) is 18.2 Å². The van der Waals surface area contributed by atoms with Crippen molar-refractivity contribution in [1.29, 1.82) is 0 Å². The first-order chi connectivity index (χ1) is 12.7. The van der Waals surface area contributed by atoms with Gasteiger partial charge in [0.05, 0.1) is 25.3 Å². The highest BCUT2D eigenvalue weighted by molar-refractivity contribution is 6.15. The van der Waals surface area contributed by atoms with Crippen molar-refractivity contribution in [1.82, 2.24) is 0 Å². The van der Waals surface area contributed by atoms with E-state index in [4.69, 9.17) is 9.47 Å². The Hall–Kier alpha value is -2.70. The molecule has 2 aliphatic rings. The number of fused-ring (bicyclic) bond motifs is 2. The highest BCUT2D eigenvalue weighted by atomic mass is 16.5. The third kappa shape index (κ3) is 2.91. The molecule has 0 saturated heterocycles. The van der Waals surface area contributed by atoms with Crippen LogP contribution in [0.1, 0.15) is 53.8 Å². The molecule has 0 spiro atoms. The molecule has 144 valence electrons. The molecule has 3 rings (SSSR count). The number of carbonyl (C=O) groups is 4. The molecule has 0 heterocycles. The predicted octanol–water partition coefficient (Wildman–Crippen LogP) is 2.59. The summed E-state index contributed by atoms with van der Waals surface area (Å²) in [5.41, 5.74) is -1.09. The number of rotatable bonds is 4. The summed E-state index contributed by atoms with van der Waals surface area (Å²) in [5.74, 6) is -1.52. The van der Waals surface area contributed by atoms with Crippen LogP contribution in [0, 0.1) is 16.7 Å². The molecule has 1 aromatic rings. The summed E-state index contributed by atoms with van der Waals surface area (Å²) in [5, 5.41) is 2.73. The van der Waals surface area contributed by atoms with Gasteiger partial charge in [0.2, 0.25) is 5.91 Å². The highest BCUT2D eigenvalue weighted by Gasteiger charge is 2.65. The molecular weight excluding hydrogens is 350 g/mol. The first-order valence-corrected chi connectivity index (χ1v) is 8.84. The van der Waals surface area contributed by atoms with Crippen LogP contribution in [0.2, 0.25) is 0 Å². The number of amides is 1. The molecule has 1 aromatic carbocycles. The Morgan fingerprint density at radius 3 is 2.04 bits per heavy atom. The Labute approximate surface area is 157 Å². The van der Waals surface area contributed by atoms with Crippen molar-refractivity contribution in [2.75, 3.05) is 19.5 Å². The zero-order valence-electron chi connectivity index (χ0n) is 15.9. The van der Waals surface area contributed by atoms with E-state index >= 15 is 0 Å². The van der Waals surface area contributed by atoms with Gasteiger partial charge in [-0.3, -0.25) is 9.59 Å². The van der Waals surface area contributed by atoms with E-state index in [0.29, 0.717) is 12.8 Å². The Morgan fingerprint density at radius 1 is 1.04 bits per heavy atom. The van der Waals surface area contributed by atoms with Gasteiger partial charge in [0.25, 0.3) is 0 Å². The largest absolute Gasteiger partial charge is 0.465 e. The second kappa shape index (κ2) is 6.48. The lowest BCUT2D eigenvalue weighted by atomic mass is 9.70. The number of benzene rings is 1. The minimum atomic E-state index is -1.04. The third-order valence-corrected chi connectivity index (χ3v) is 6.02. The van der Waals surface area contributed by atoms with Crippen molar-refractivity contribution in [3.63, 3.8) is 0 Å². The van der Waals surface area contributed by atoms with Gasteiger partial charge in [0.15, 0.2) is 5.78 Å². The summed E-state index contributed by atoms with van der Waals surface area (Å²) in [6.07, 6.45) is 1.89. The monoisotopic (exact) mass is 373 g/mol. The van der Waals surface area contributed by atoms with Crippen LogP contribution in [-0.2, 0) is 19.1 Å².